The normalized spacial score (nSPS) is 14.3. The number of carboxylic acid groups (broad SMARTS) is 1. The summed E-state index contributed by atoms with van der Waals surface area (Å²) < 4.78 is 1.41. The molecule has 0 aromatic carbocycles. The number of hydrogen-bond acceptors (Lipinski definition) is 4. The van der Waals surface area contributed by atoms with Gasteiger partial charge in [-0.15, -0.1) is 0 Å². The van der Waals surface area contributed by atoms with Crippen molar-refractivity contribution >= 4 is 17.9 Å². The van der Waals surface area contributed by atoms with Crippen LogP contribution in [0.15, 0.2) is 6.33 Å². The second kappa shape index (κ2) is 5.03. The van der Waals surface area contributed by atoms with Crippen LogP contribution in [0.5, 0.6) is 0 Å². The molecule has 1 aliphatic carbocycles. The number of aryl methyl sites for hydroxylation is 1. The number of urea groups is 1. The summed E-state index contributed by atoms with van der Waals surface area (Å²) in [6.45, 7) is 0.163. The minimum Gasteiger partial charge on any atom is -0.480 e. The van der Waals surface area contributed by atoms with E-state index in [1.54, 1.807) is 7.05 Å². The quantitative estimate of drug-likeness (QED) is 0.777. The monoisotopic (exact) mass is 253 g/mol. The molecular weight excluding hydrogens is 238 g/mol. The molecule has 1 fully saturated rings. The second-order valence-electron chi connectivity index (χ2n) is 4.36. The first-order chi connectivity index (χ1) is 8.56. The molecule has 1 aliphatic rings. The third-order valence-electron chi connectivity index (χ3n) is 2.72. The average Bonchev–Trinajstić information content (AvgIpc) is 3.02. The lowest BCUT2D eigenvalue weighted by molar-refractivity contribution is -0.137. The molecule has 1 saturated carbocycles. The summed E-state index contributed by atoms with van der Waals surface area (Å²) in [5, 5.41) is 15.2. The molecule has 18 heavy (non-hydrogen) atoms. The van der Waals surface area contributed by atoms with E-state index in [9.17, 15) is 9.59 Å². The number of nitrogens with one attached hydrogen (secondary N) is 1. The van der Waals surface area contributed by atoms with Crippen LogP contribution in [-0.4, -0.2) is 49.9 Å². The molecule has 2 amide bonds. The lowest BCUT2D eigenvalue weighted by atomic mass is 10.4. The Morgan fingerprint density at radius 3 is 2.83 bits per heavy atom. The van der Waals surface area contributed by atoms with Crippen molar-refractivity contribution in [3.8, 4) is 0 Å². The molecule has 0 aliphatic heterocycles. The number of carbonyl (C=O) groups is 2. The van der Waals surface area contributed by atoms with Crippen molar-refractivity contribution in [3.05, 3.63) is 6.33 Å². The van der Waals surface area contributed by atoms with Crippen molar-refractivity contribution in [3.63, 3.8) is 0 Å². The fourth-order valence-electron chi connectivity index (χ4n) is 1.58. The van der Waals surface area contributed by atoms with E-state index in [1.807, 2.05) is 0 Å². The Balaban J connectivity index is 1.97. The predicted octanol–water partition coefficient (Wildman–Crippen LogP) is 0.144. The SMILES string of the molecule is Cn1ncnc1NC(=O)N(CC(=O)O)CC1CC1. The summed E-state index contributed by atoms with van der Waals surface area (Å²) in [7, 11) is 1.64. The highest BCUT2D eigenvalue weighted by molar-refractivity contribution is 5.89. The van der Waals surface area contributed by atoms with Crippen molar-refractivity contribution in [2.45, 2.75) is 12.8 Å². The molecular formula is C10H15N5O3. The maximum atomic E-state index is 11.9. The summed E-state index contributed by atoms with van der Waals surface area (Å²) in [6.07, 6.45) is 3.42. The molecule has 0 saturated heterocycles. The van der Waals surface area contributed by atoms with Crippen molar-refractivity contribution < 1.29 is 14.7 Å². The number of carbonyl (C=O) groups excluding carboxylic acids is 1. The smallest absolute Gasteiger partial charge is 0.324 e. The van der Waals surface area contributed by atoms with E-state index < -0.39 is 12.0 Å². The molecule has 0 atom stereocenters. The van der Waals surface area contributed by atoms with Crippen LogP contribution in [0.2, 0.25) is 0 Å². The third kappa shape index (κ3) is 3.19. The molecule has 0 radical (unpaired) electrons. The lowest BCUT2D eigenvalue weighted by Gasteiger charge is -2.20. The van der Waals surface area contributed by atoms with Gasteiger partial charge in [0.1, 0.15) is 12.9 Å². The van der Waals surface area contributed by atoms with Gasteiger partial charge < -0.3 is 10.0 Å². The Hall–Kier alpha value is -2.12. The summed E-state index contributed by atoms with van der Waals surface area (Å²) in [5.41, 5.74) is 0. The zero-order chi connectivity index (χ0) is 13.1. The number of hydrogen-bond donors (Lipinski definition) is 2. The fourth-order valence-corrected chi connectivity index (χ4v) is 1.58. The highest BCUT2D eigenvalue weighted by atomic mass is 16.4. The van der Waals surface area contributed by atoms with E-state index in [1.165, 1.54) is 15.9 Å². The van der Waals surface area contributed by atoms with Crippen LogP contribution in [0, 0.1) is 5.92 Å². The van der Waals surface area contributed by atoms with Crippen LogP contribution >= 0.6 is 0 Å². The molecule has 1 heterocycles. The minimum atomic E-state index is -1.02. The van der Waals surface area contributed by atoms with E-state index in [4.69, 9.17) is 5.11 Å². The largest absolute Gasteiger partial charge is 0.480 e. The van der Waals surface area contributed by atoms with Gasteiger partial charge in [0.15, 0.2) is 0 Å². The van der Waals surface area contributed by atoms with Gasteiger partial charge in [0.25, 0.3) is 0 Å². The number of carboxylic acids is 1. The summed E-state index contributed by atoms with van der Waals surface area (Å²) in [6, 6.07) is -0.458. The number of anilines is 1. The molecule has 0 bridgehead atoms. The zero-order valence-corrected chi connectivity index (χ0v) is 10.0. The number of aliphatic carboxylic acids is 1. The maximum Gasteiger partial charge on any atom is 0.324 e. The number of aromatic nitrogens is 3. The van der Waals surface area contributed by atoms with Crippen LogP contribution in [0.25, 0.3) is 0 Å². The van der Waals surface area contributed by atoms with Crippen molar-refractivity contribution in [1.29, 1.82) is 0 Å². The van der Waals surface area contributed by atoms with E-state index in [0.717, 1.165) is 12.8 Å². The fraction of sp³-hybridized carbons (Fsp3) is 0.600. The first-order valence-corrected chi connectivity index (χ1v) is 5.68. The van der Waals surface area contributed by atoms with Gasteiger partial charge in [-0.2, -0.15) is 10.1 Å². The van der Waals surface area contributed by atoms with Gasteiger partial charge in [-0.05, 0) is 18.8 Å². The van der Waals surface area contributed by atoms with Crippen LogP contribution in [-0.2, 0) is 11.8 Å². The van der Waals surface area contributed by atoms with Gasteiger partial charge in [0.2, 0.25) is 5.95 Å². The second-order valence-corrected chi connectivity index (χ2v) is 4.36. The van der Waals surface area contributed by atoms with Crippen molar-refractivity contribution in [2.75, 3.05) is 18.4 Å². The van der Waals surface area contributed by atoms with Crippen molar-refractivity contribution in [2.24, 2.45) is 13.0 Å². The molecule has 98 valence electrons. The molecule has 8 heteroatoms. The van der Waals surface area contributed by atoms with E-state index in [0.29, 0.717) is 18.4 Å². The number of nitrogens with zero attached hydrogens (tertiary/aromatic N) is 4. The molecule has 1 aromatic rings. The maximum absolute atomic E-state index is 11.9. The Morgan fingerprint density at radius 1 is 1.61 bits per heavy atom. The van der Waals surface area contributed by atoms with Crippen LogP contribution in [0.3, 0.4) is 0 Å². The highest BCUT2D eigenvalue weighted by Gasteiger charge is 2.28. The molecule has 8 nitrogen and oxygen atoms in total. The summed E-state index contributed by atoms with van der Waals surface area (Å²) in [4.78, 5) is 27.8. The van der Waals surface area contributed by atoms with Gasteiger partial charge in [0.05, 0.1) is 0 Å². The molecule has 2 N–H and O–H groups in total. The van der Waals surface area contributed by atoms with Gasteiger partial charge >= 0.3 is 12.0 Å². The Labute approximate surface area is 104 Å². The van der Waals surface area contributed by atoms with Gasteiger partial charge in [-0.25, -0.2) is 9.48 Å². The van der Waals surface area contributed by atoms with Gasteiger partial charge in [-0.3, -0.25) is 10.1 Å². The Bertz CT molecular complexity index is 454. The number of amides is 2. The van der Waals surface area contributed by atoms with Gasteiger partial charge in [-0.1, -0.05) is 0 Å². The molecule has 1 aromatic heterocycles. The van der Waals surface area contributed by atoms with Gasteiger partial charge in [0, 0.05) is 13.6 Å². The van der Waals surface area contributed by atoms with Crippen LogP contribution in [0.1, 0.15) is 12.8 Å². The molecule has 0 spiro atoms. The number of rotatable bonds is 5. The van der Waals surface area contributed by atoms with E-state index >= 15 is 0 Å². The van der Waals surface area contributed by atoms with E-state index in [2.05, 4.69) is 15.4 Å². The average molecular weight is 253 g/mol. The molecule has 2 rings (SSSR count). The highest BCUT2D eigenvalue weighted by Crippen LogP contribution is 2.29. The first-order valence-electron chi connectivity index (χ1n) is 5.68. The zero-order valence-electron chi connectivity index (χ0n) is 10.0. The van der Waals surface area contributed by atoms with Crippen LogP contribution in [0.4, 0.5) is 10.7 Å². The predicted molar refractivity (Wildman–Crippen MR) is 62.0 cm³/mol. The summed E-state index contributed by atoms with van der Waals surface area (Å²) >= 11 is 0. The topological polar surface area (TPSA) is 100 Å². The minimum absolute atomic E-state index is 0.297. The Kier molecular flexibility index (Phi) is 3.45. The van der Waals surface area contributed by atoms with E-state index in [-0.39, 0.29) is 6.54 Å². The van der Waals surface area contributed by atoms with Crippen LogP contribution < -0.4 is 5.32 Å². The first kappa shape index (κ1) is 12.3. The lowest BCUT2D eigenvalue weighted by Crippen LogP contribution is -2.40. The molecule has 0 unspecified atom stereocenters. The Morgan fingerprint density at radius 2 is 2.33 bits per heavy atom. The van der Waals surface area contributed by atoms with Crippen molar-refractivity contribution in [1.82, 2.24) is 19.7 Å². The third-order valence-corrected chi connectivity index (χ3v) is 2.72. The summed E-state index contributed by atoms with van der Waals surface area (Å²) in [5.74, 6) is -0.301. The standard InChI is InChI=1S/C10H15N5O3/c1-14-9(11-6-12-14)13-10(18)15(5-8(16)17)4-7-2-3-7/h6-7H,2-5H2,1H3,(H,16,17)(H,11,12,13,18).